The summed E-state index contributed by atoms with van der Waals surface area (Å²) in [4.78, 5) is 11.5. The van der Waals surface area contributed by atoms with Gasteiger partial charge in [0, 0.05) is 34.8 Å². The Labute approximate surface area is 350 Å². The first kappa shape index (κ1) is 49.8. The normalized spacial score (nSPS) is 11.4. The molecule has 0 aliphatic carbocycles. The van der Waals surface area contributed by atoms with E-state index >= 15 is 0 Å². The zero-order chi connectivity index (χ0) is 41.6. The zero-order valence-corrected chi connectivity index (χ0v) is 37.3. The molecule has 0 unspecified atom stereocenters. The van der Waals surface area contributed by atoms with Crippen molar-refractivity contribution in [2.24, 2.45) is 0 Å². The van der Waals surface area contributed by atoms with Crippen LogP contribution in [-0.2, 0) is 43.2 Å². The van der Waals surface area contributed by atoms with Crippen LogP contribution < -0.4 is 4.74 Å². The molecule has 0 aliphatic heterocycles. The SMILES string of the molecule is CCC(C)(C)c1cc(C=[N-])c(O)c(C(C)(C)CC)c1.CCC(C)(C)c1cc(C=[N-])c(OC(C)=O)c(C(C)(C)CC)c1.[Co].c1ccc([CH-][CH-]c2ccccc2)cc1. The summed E-state index contributed by atoms with van der Waals surface area (Å²) in [5.74, 6) is 0.293. The molecule has 0 aliphatic rings. The number of rotatable bonds is 14. The molecule has 4 aromatic carbocycles. The third-order valence-electron chi connectivity index (χ3n) is 11.4. The Morgan fingerprint density at radius 3 is 1.32 bits per heavy atom. The van der Waals surface area contributed by atoms with Gasteiger partial charge in [-0.25, -0.2) is 24.0 Å². The van der Waals surface area contributed by atoms with Gasteiger partial charge in [0.05, 0.1) is 0 Å². The summed E-state index contributed by atoms with van der Waals surface area (Å²) in [5, 5.41) is 29.3. The Bertz CT molecular complexity index is 1800. The predicted molar refractivity (Wildman–Crippen MR) is 236 cm³/mol. The Hall–Kier alpha value is -4.26. The van der Waals surface area contributed by atoms with Crippen LogP contribution in [0.4, 0.5) is 0 Å². The molecule has 6 heteroatoms. The van der Waals surface area contributed by atoms with E-state index in [9.17, 15) is 20.7 Å². The van der Waals surface area contributed by atoms with Gasteiger partial charge in [0.1, 0.15) is 11.5 Å². The molecule has 0 amide bonds. The molecule has 4 rings (SSSR count). The van der Waals surface area contributed by atoms with Gasteiger partial charge in [-0.2, -0.15) is 36.7 Å². The van der Waals surface area contributed by atoms with E-state index in [4.69, 9.17) is 4.74 Å². The molecular weight excluding hydrogens is 735 g/mol. The minimum atomic E-state index is -0.376. The summed E-state index contributed by atoms with van der Waals surface area (Å²) in [6.07, 6.45) is 10.1. The molecule has 0 fully saturated rings. The maximum atomic E-state index is 11.5. The third kappa shape index (κ3) is 13.7. The zero-order valence-electron chi connectivity index (χ0n) is 36.2. The number of hydrogen-bond donors (Lipinski definition) is 1. The smallest absolute Gasteiger partial charge is 0.308 e. The van der Waals surface area contributed by atoms with Gasteiger partial charge in [0.25, 0.3) is 0 Å². The fourth-order valence-corrected chi connectivity index (χ4v) is 5.67. The van der Waals surface area contributed by atoms with Crippen molar-refractivity contribution in [3.8, 4) is 11.5 Å². The molecule has 307 valence electrons. The van der Waals surface area contributed by atoms with E-state index < -0.39 is 0 Å². The monoisotopic (exact) mass is 801 g/mol. The van der Waals surface area contributed by atoms with E-state index in [0.717, 1.165) is 60.4 Å². The number of carbonyl (C=O) groups excluding carboxylic acids is 1. The van der Waals surface area contributed by atoms with Crippen LogP contribution >= 0.6 is 0 Å². The number of phenolic OH excluding ortho intramolecular Hbond substituents is 1. The molecule has 0 aromatic heterocycles. The van der Waals surface area contributed by atoms with Crippen molar-refractivity contribution in [3.63, 3.8) is 0 Å². The average molecular weight is 802 g/mol. The molecule has 4 aromatic rings. The summed E-state index contributed by atoms with van der Waals surface area (Å²) >= 11 is 0. The van der Waals surface area contributed by atoms with E-state index in [-0.39, 0.29) is 50.2 Å². The number of aromatic hydroxyl groups is 1. The van der Waals surface area contributed by atoms with Crippen LogP contribution in [0.2, 0.25) is 0 Å². The Kier molecular flexibility index (Phi) is 19.4. The molecule has 0 saturated carbocycles. The summed E-state index contributed by atoms with van der Waals surface area (Å²) in [5.41, 5.74) is 7.47. The predicted octanol–water partition coefficient (Wildman–Crippen LogP) is 13.2. The van der Waals surface area contributed by atoms with Crippen LogP contribution in [-0.4, -0.2) is 23.5 Å². The molecule has 0 heterocycles. The van der Waals surface area contributed by atoms with Crippen molar-refractivity contribution in [3.05, 3.63) is 153 Å². The number of ether oxygens (including phenoxy) is 1. The van der Waals surface area contributed by atoms with E-state index in [1.54, 1.807) is 0 Å². The van der Waals surface area contributed by atoms with E-state index in [1.165, 1.54) is 18.1 Å². The second-order valence-corrected chi connectivity index (χ2v) is 16.9. The van der Waals surface area contributed by atoms with Crippen molar-refractivity contribution in [2.75, 3.05) is 0 Å². The molecular formula is C50H66CoN2O3-4. The first-order chi connectivity index (χ1) is 25.7. The van der Waals surface area contributed by atoms with Gasteiger partial charge in [0.2, 0.25) is 0 Å². The summed E-state index contributed by atoms with van der Waals surface area (Å²) in [7, 11) is 0. The van der Waals surface area contributed by atoms with E-state index in [2.05, 4.69) is 132 Å². The minimum absolute atomic E-state index is 0. The topological polar surface area (TPSA) is 91.1 Å². The van der Waals surface area contributed by atoms with Crippen molar-refractivity contribution in [1.82, 2.24) is 0 Å². The number of benzene rings is 4. The van der Waals surface area contributed by atoms with Crippen LogP contribution in [0.1, 0.15) is 160 Å². The van der Waals surface area contributed by atoms with Crippen molar-refractivity contribution >= 4 is 18.4 Å². The van der Waals surface area contributed by atoms with Crippen LogP contribution in [0.3, 0.4) is 0 Å². The molecule has 0 spiro atoms. The molecule has 1 radical (unpaired) electrons. The van der Waals surface area contributed by atoms with Crippen molar-refractivity contribution < 1.29 is 31.4 Å². The van der Waals surface area contributed by atoms with E-state index in [1.807, 2.05) is 48.5 Å². The second-order valence-electron chi connectivity index (χ2n) is 16.9. The maximum Gasteiger partial charge on any atom is 0.308 e. The summed E-state index contributed by atoms with van der Waals surface area (Å²) in [6.45, 7) is 27.1. The second kappa shape index (κ2) is 21.9. The number of nitrogens with zero attached hydrogens (tertiary/aromatic N) is 2. The van der Waals surface area contributed by atoms with Gasteiger partial charge in [-0.05, 0) is 81.7 Å². The fraction of sp³-hybridized carbons (Fsp3) is 0.420. The van der Waals surface area contributed by atoms with Crippen molar-refractivity contribution in [2.45, 2.75) is 137 Å². The molecule has 56 heavy (non-hydrogen) atoms. The molecule has 0 bridgehead atoms. The Balaban J connectivity index is 0.000000425. The van der Waals surface area contributed by atoms with Gasteiger partial charge in [0.15, 0.2) is 0 Å². The van der Waals surface area contributed by atoms with Gasteiger partial charge in [-0.3, -0.25) is 4.79 Å². The molecule has 0 atom stereocenters. The van der Waals surface area contributed by atoms with Crippen LogP contribution in [0.15, 0.2) is 84.9 Å². The first-order valence-electron chi connectivity index (χ1n) is 19.7. The van der Waals surface area contributed by atoms with Crippen LogP contribution in [0, 0.1) is 12.8 Å². The standard InChI is InChI=1S/C19H28NO2.C17H26NO.C14H12.Co/c1-8-18(4,5)15-10-14(12-20)17(22-13(3)21)16(11-15)19(6,7)9-2;1-7-16(3,4)13-9-12(11-18)15(19)14(10-13)17(5,6)8-2;1-3-7-13(8-4-1)11-12-14-9-5-2-6-10-14;/h10-12H,8-9H2,1-7H3;9-11,19H,7-8H2,1-6H3;1-12H;/q2*-1;-2;. The van der Waals surface area contributed by atoms with Gasteiger partial charge in [-0.1, -0.05) is 107 Å². The fourth-order valence-electron chi connectivity index (χ4n) is 5.67. The molecule has 1 N–H and O–H groups in total. The number of carbonyl (C=O) groups is 1. The minimum Gasteiger partial charge on any atom is -0.810 e. The maximum absolute atomic E-state index is 11.5. The third-order valence-corrected chi connectivity index (χ3v) is 11.4. The number of esters is 1. The quantitative estimate of drug-likeness (QED) is 0.0596. The number of phenols is 1. The average Bonchev–Trinajstić information content (AvgIpc) is 3.18. The van der Waals surface area contributed by atoms with Crippen LogP contribution in [0.5, 0.6) is 11.5 Å². The molecule has 5 nitrogen and oxygen atoms in total. The van der Waals surface area contributed by atoms with Crippen molar-refractivity contribution in [1.29, 1.82) is 0 Å². The first-order valence-corrected chi connectivity index (χ1v) is 19.7. The Morgan fingerprint density at radius 1 is 0.607 bits per heavy atom. The summed E-state index contributed by atoms with van der Waals surface area (Å²) < 4.78 is 5.43. The largest absolute Gasteiger partial charge is 0.810 e. The summed E-state index contributed by atoms with van der Waals surface area (Å²) in [6, 6.07) is 28.6. The Morgan fingerprint density at radius 2 is 0.964 bits per heavy atom. The van der Waals surface area contributed by atoms with Gasteiger partial charge >= 0.3 is 5.97 Å². The number of hydrogen-bond acceptors (Lipinski definition) is 3. The van der Waals surface area contributed by atoms with E-state index in [0.29, 0.717) is 16.9 Å². The van der Waals surface area contributed by atoms with Gasteiger partial charge < -0.3 is 20.7 Å². The molecule has 0 saturated heterocycles. The van der Waals surface area contributed by atoms with Gasteiger partial charge in [-0.15, -0.1) is 24.3 Å². The van der Waals surface area contributed by atoms with Crippen LogP contribution in [0.25, 0.3) is 10.8 Å².